The van der Waals surface area contributed by atoms with Crippen LogP contribution in [0.15, 0.2) is 54.9 Å². The van der Waals surface area contributed by atoms with Crippen LogP contribution in [0.4, 0.5) is 5.69 Å². The van der Waals surface area contributed by atoms with Crippen LogP contribution in [0.2, 0.25) is 0 Å². The zero-order chi connectivity index (χ0) is 15.1. The molecule has 22 heavy (non-hydrogen) atoms. The smallest absolute Gasteiger partial charge is 0.257 e. The van der Waals surface area contributed by atoms with Gasteiger partial charge in [0.1, 0.15) is 0 Å². The molecule has 1 amide bonds. The summed E-state index contributed by atoms with van der Waals surface area (Å²) in [6, 6.07) is 13.4. The average molecular weight is 290 g/mol. The number of nitrogens with zero attached hydrogens (tertiary/aromatic N) is 2. The summed E-state index contributed by atoms with van der Waals surface area (Å²) in [7, 11) is 1.94. The lowest BCUT2D eigenvalue weighted by molar-refractivity contribution is 0.102. The van der Waals surface area contributed by atoms with Crippen molar-refractivity contribution in [3.63, 3.8) is 0 Å². The van der Waals surface area contributed by atoms with E-state index >= 15 is 0 Å². The summed E-state index contributed by atoms with van der Waals surface area (Å²) in [6.07, 6.45) is 3.70. The van der Waals surface area contributed by atoms with Crippen molar-refractivity contribution in [1.82, 2.24) is 14.8 Å². The molecule has 0 atom stereocenters. The summed E-state index contributed by atoms with van der Waals surface area (Å²) in [5, 5.41) is 11.9. The third kappa shape index (κ3) is 1.95. The lowest BCUT2D eigenvalue weighted by Gasteiger charge is -2.08. The Labute approximate surface area is 126 Å². The van der Waals surface area contributed by atoms with Crippen molar-refractivity contribution in [2.24, 2.45) is 7.05 Å². The Kier molecular flexibility index (Phi) is 2.72. The van der Waals surface area contributed by atoms with E-state index in [9.17, 15) is 4.79 Å². The largest absolute Gasteiger partial charge is 0.350 e. The monoisotopic (exact) mass is 290 g/mol. The second-order valence-corrected chi connectivity index (χ2v) is 5.30. The van der Waals surface area contributed by atoms with Crippen molar-refractivity contribution >= 4 is 33.4 Å². The fourth-order valence-electron chi connectivity index (χ4n) is 2.76. The number of aromatic nitrogens is 3. The minimum absolute atomic E-state index is 0.116. The molecule has 5 heteroatoms. The number of aromatic amines is 1. The molecule has 4 rings (SSSR count). The molecule has 0 saturated heterocycles. The number of fused-ring (bicyclic) bond motifs is 2. The molecule has 0 unspecified atom stereocenters. The van der Waals surface area contributed by atoms with Gasteiger partial charge in [-0.05, 0) is 30.3 Å². The first-order valence-corrected chi connectivity index (χ1v) is 7.01. The van der Waals surface area contributed by atoms with Crippen molar-refractivity contribution in [3.05, 3.63) is 60.4 Å². The van der Waals surface area contributed by atoms with Gasteiger partial charge in [-0.1, -0.05) is 12.1 Å². The lowest BCUT2D eigenvalue weighted by Crippen LogP contribution is -2.13. The van der Waals surface area contributed by atoms with Crippen molar-refractivity contribution in [3.8, 4) is 0 Å². The van der Waals surface area contributed by atoms with Crippen molar-refractivity contribution in [2.45, 2.75) is 0 Å². The van der Waals surface area contributed by atoms with Gasteiger partial charge in [0, 0.05) is 29.7 Å². The van der Waals surface area contributed by atoms with Crippen LogP contribution in [0, 0.1) is 0 Å². The van der Waals surface area contributed by atoms with Gasteiger partial charge in [-0.3, -0.25) is 9.89 Å². The van der Waals surface area contributed by atoms with Gasteiger partial charge in [0.25, 0.3) is 5.91 Å². The Morgan fingerprint density at radius 3 is 3.00 bits per heavy atom. The highest BCUT2D eigenvalue weighted by molar-refractivity contribution is 6.12. The van der Waals surface area contributed by atoms with E-state index in [0.717, 1.165) is 27.5 Å². The number of carbonyl (C=O) groups excluding carboxylic acids is 1. The number of nitrogens with one attached hydrogen (secondary N) is 2. The predicted molar refractivity (Wildman–Crippen MR) is 87.0 cm³/mol. The molecule has 0 aliphatic carbocycles. The fourth-order valence-corrected chi connectivity index (χ4v) is 2.76. The SMILES string of the molecule is Cn1ccc2cccc(C(=O)Nc3ccc4[nH]ncc4c3)c21. The molecule has 5 nitrogen and oxygen atoms in total. The minimum atomic E-state index is -0.116. The van der Waals surface area contributed by atoms with E-state index < -0.39 is 0 Å². The Balaban J connectivity index is 1.72. The van der Waals surface area contributed by atoms with Crippen LogP contribution in [0.1, 0.15) is 10.4 Å². The molecular formula is C17H14N4O. The third-order valence-corrected chi connectivity index (χ3v) is 3.84. The molecule has 0 aliphatic rings. The minimum Gasteiger partial charge on any atom is -0.350 e. The molecule has 0 spiro atoms. The first kappa shape index (κ1) is 12.6. The summed E-state index contributed by atoms with van der Waals surface area (Å²) in [5.41, 5.74) is 3.30. The molecule has 0 radical (unpaired) electrons. The highest BCUT2D eigenvalue weighted by atomic mass is 16.1. The Hall–Kier alpha value is -3.08. The van der Waals surface area contributed by atoms with E-state index in [0.29, 0.717) is 5.56 Å². The van der Waals surface area contributed by atoms with Crippen LogP contribution in [0.3, 0.4) is 0 Å². The van der Waals surface area contributed by atoms with Gasteiger partial charge in [-0.15, -0.1) is 0 Å². The third-order valence-electron chi connectivity index (χ3n) is 3.84. The number of carbonyl (C=O) groups is 1. The van der Waals surface area contributed by atoms with E-state index in [1.807, 2.05) is 60.3 Å². The summed E-state index contributed by atoms with van der Waals surface area (Å²) < 4.78 is 1.96. The molecule has 2 heterocycles. The lowest BCUT2D eigenvalue weighted by atomic mass is 10.1. The quantitative estimate of drug-likeness (QED) is 0.595. The zero-order valence-electron chi connectivity index (χ0n) is 12.0. The molecule has 0 fully saturated rings. The standard InChI is InChI=1S/C17H14N4O/c1-21-8-7-11-3-2-4-14(16(11)21)17(22)19-13-5-6-15-12(9-13)10-18-20-15/h2-10H,1H3,(H,18,20)(H,19,22). The molecule has 4 aromatic rings. The van der Waals surface area contributed by atoms with Gasteiger partial charge >= 0.3 is 0 Å². The van der Waals surface area contributed by atoms with Gasteiger partial charge in [0.15, 0.2) is 0 Å². The molecule has 0 aliphatic heterocycles. The maximum Gasteiger partial charge on any atom is 0.257 e. The number of rotatable bonds is 2. The van der Waals surface area contributed by atoms with E-state index in [2.05, 4.69) is 15.5 Å². The van der Waals surface area contributed by atoms with Crippen LogP contribution < -0.4 is 5.32 Å². The van der Waals surface area contributed by atoms with Gasteiger partial charge < -0.3 is 9.88 Å². The van der Waals surface area contributed by atoms with E-state index in [1.54, 1.807) is 6.20 Å². The summed E-state index contributed by atoms with van der Waals surface area (Å²) >= 11 is 0. The second-order valence-electron chi connectivity index (χ2n) is 5.30. The zero-order valence-corrected chi connectivity index (χ0v) is 12.0. The number of benzene rings is 2. The second kappa shape index (κ2) is 4.73. The Morgan fingerprint density at radius 1 is 1.18 bits per heavy atom. The van der Waals surface area contributed by atoms with Crippen molar-refractivity contribution in [2.75, 3.05) is 5.32 Å². The van der Waals surface area contributed by atoms with E-state index in [4.69, 9.17) is 0 Å². The number of para-hydroxylation sites is 1. The summed E-state index contributed by atoms with van der Waals surface area (Å²) in [4.78, 5) is 12.6. The highest BCUT2D eigenvalue weighted by Gasteiger charge is 2.12. The number of aryl methyl sites for hydroxylation is 1. The predicted octanol–water partition coefficient (Wildman–Crippen LogP) is 3.31. The average Bonchev–Trinajstić information content (AvgIpc) is 3.13. The van der Waals surface area contributed by atoms with Crippen LogP contribution in [-0.2, 0) is 7.05 Å². The van der Waals surface area contributed by atoms with Crippen LogP contribution >= 0.6 is 0 Å². The van der Waals surface area contributed by atoms with Gasteiger partial charge in [-0.2, -0.15) is 5.10 Å². The van der Waals surface area contributed by atoms with Crippen molar-refractivity contribution in [1.29, 1.82) is 0 Å². The first-order valence-electron chi connectivity index (χ1n) is 7.01. The number of amides is 1. The Bertz CT molecular complexity index is 996. The normalized spacial score (nSPS) is 11.1. The van der Waals surface area contributed by atoms with Crippen LogP contribution in [0.5, 0.6) is 0 Å². The topological polar surface area (TPSA) is 62.7 Å². The maximum absolute atomic E-state index is 12.6. The van der Waals surface area contributed by atoms with Gasteiger partial charge in [0.05, 0.1) is 22.8 Å². The first-order chi connectivity index (χ1) is 10.7. The molecule has 2 aromatic carbocycles. The molecule has 0 saturated carbocycles. The highest BCUT2D eigenvalue weighted by Crippen LogP contribution is 2.22. The Morgan fingerprint density at radius 2 is 2.09 bits per heavy atom. The molecule has 2 aromatic heterocycles. The molecule has 2 N–H and O–H groups in total. The van der Waals surface area contributed by atoms with Crippen LogP contribution in [0.25, 0.3) is 21.8 Å². The van der Waals surface area contributed by atoms with Gasteiger partial charge in [0.2, 0.25) is 0 Å². The summed E-state index contributed by atoms with van der Waals surface area (Å²) in [5.74, 6) is -0.116. The van der Waals surface area contributed by atoms with Crippen LogP contribution in [-0.4, -0.2) is 20.7 Å². The van der Waals surface area contributed by atoms with E-state index in [-0.39, 0.29) is 5.91 Å². The molecule has 0 bridgehead atoms. The van der Waals surface area contributed by atoms with Gasteiger partial charge in [-0.25, -0.2) is 0 Å². The summed E-state index contributed by atoms with van der Waals surface area (Å²) in [6.45, 7) is 0. The number of hydrogen-bond donors (Lipinski definition) is 2. The van der Waals surface area contributed by atoms with E-state index in [1.165, 1.54) is 0 Å². The van der Waals surface area contributed by atoms with Crippen molar-refractivity contribution < 1.29 is 4.79 Å². The number of hydrogen-bond acceptors (Lipinski definition) is 2. The molecular weight excluding hydrogens is 276 g/mol. The molecule has 108 valence electrons. The number of anilines is 1. The fraction of sp³-hybridized carbons (Fsp3) is 0.0588. The number of H-pyrrole nitrogens is 1. The maximum atomic E-state index is 12.6.